The summed E-state index contributed by atoms with van der Waals surface area (Å²) in [7, 11) is 0. The Morgan fingerprint density at radius 3 is 0.687 bits per heavy atom. The molecule has 0 aliphatic heterocycles. The zero-order valence-electron chi connectivity index (χ0n) is 55.5. The van der Waals surface area contributed by atoms with Crippen LogP contribution in [0.2, 0.25) is 0 Å². The fourth-order valence-electron chi connectivity index (χ4n) is 10.2. The third-order valence-electron chi connectivity index (χ3n) is 15.7. The second kappa shape index (κ2) is 73.1. The number of carbonyl (C=O) groups excluding carboxylic acids is 3. The van der Waals surface area contributed by atoms with Crippen molar-refractivity contribution in [3.8, 4) is 0 Å². The van der Waals surface area contributed by atoms with Crippen LogP contribution in [0.25, 0.3) is 0 Å². The molecule has 0 aromatic heterocycles. The molecule has 0 aliphatic rings. The molecule has 0 atom stereocenters. The van der Waals surface area contributed by atoms with Crippen LogP contribution in [-0.2, 0) is 33.4 Å². The van der Waals surface area contributed by atoms with Crippen molar-refractivity contribution in [2.45, 2.75) is 393 Å². The number of allylic oxidation sites excluding steroid dienone is 8. The maximum atomic E-state index is 12.8. The van der Waals surface area contributed by atoms with Gasteiger partial charge >= 0.3 is 23.9 Å². The predicted molar refractivity (Wildman–Crippen MR) is 357 cm³/mol. The lowest BCUT2D eigenvalue weighted by molar-refractivity contribution is -0.167. The minimum Gasteiger partial charge on any atom is -0.481 e. The van der Waals surface area contributed by atoms with Gasteiger partial charge in [-0.3, -0.25) is 19.2 Å². The largest absolute Gasteiger partial charge is 0.481 e. The average molecular weight is 1170 g/mol. The first-order chi connectivity index (χ1) is 40.8. The van der Waals surface area contributed by atoms with Crippen LogP contribution in [0, 0.1) is 0 Å². The van der Waals surface area contributed by atoms with Gasteiger partial charge in [-0.1, -0.05) is 282 Å². The average Bonchev–Trinajstić information content (AvgIpc) is 3.47. The van der Waals surface area contributed by atoms with E-state index in [4.69, 9.17) is 19.3 Å². The van der Waals surface area contributed by atoms with Crippen LogP contribution < -0.4 is 0 Å². The van der Waals surface area contributed by atoms with Gasteiger partial charge in [-0.2, -0.15) is 0 Å². The normalized spacial score (nSPS) is 11.7. The topological polar surface area (TPSA) is 116 Å². The summed E-state index contributed by atoms with van der Waals surface area (Å²) in [5.74, 6) is -1.56. The molecule has 0 heterocycles. The minimum atomic E-state index is -0.781. The van der Waals surface area contributed by atoms with Gasteiger partial charge < -0.3 is 19.3 Å². The van der Waals surface area contributed by atoms with Gasteiger partial charge in [0.15, 0.2) is 6.10 Å². The molecule has 0 fully saturated rings. The molecular formula is C75H138O8. The number of hydrogen-bond donors (Lipinski definition) is 1. The zero-order valence-corrected chi connectivity index (χ0v) is 55.5. The third kappa shape index (κ3) is 74.9. The molecule has 0 saturated heterocycles. The maximum Gasteiger partial charge on any atom is 0.306 e. The number of aliphatic carboxylic acids is 1. The summed E-state index contributed by atoms with van der Waals surface area (Å²) >= 11 is 0. The van der Waals surface area contributed by atoms with Crippen molar-refractivity contribution < 1.29 is 38.5 Å². The van der Waals surface area contributed by atoms with Crippen LogP contribution in [0.5, 0.6) is 0 Å². The van der Waals surface area contributed by atoms with E-state index in [1.54, 1.807) is 0 Å². The molecule has 0 saturated carbocycles. The van der Waals surface area contributed by atoms with E-state index < -0.39 is 12.1 Å². The van der Waals surface area contributed by atoms with Gasteiger partial charge in [0.25, 0.3) is 0 Å². The Kier molecular flexibility index (Phi) is 72.1. The minimum absolute atomic E-state index is 0.0806. The molecule has 0 aliphatic carbocycles. The van der Waals surface area contributed by atoms with Crippen molar-refractivity contribution in [2.24, 2.45) is 0 Å². The van der Waals surface area contributed by atoms with Crippen molar-refractivity contribution in [2.75, 3.05) is 13.2 Å². The first-order valence-corrected chi connectivity index (χ1v) is 36.1. The highest BCUT2D eigenvalue weighted by molar-refractivity contribution is 5.71. The lowest BCUT2D eigenvalue weighted by Crippen LogP contribution is -2.30. The number of carboxylic acids is 1. The highest BCUT2D eigenvalue weighted by Gasteiger charge is 2.19. The quantitative estimate of drug-likeness (QED) is 0.0277. The Labute approximate surface area is 515 Å². The first-order valence-electron chi connectivity index (χ1n) is 36.1. The summed E-state index contributed by atoms with van der Waals surface area (Å²) < 4.78 is 16.8. The van der Waals surface area contributed by atoms with Gasteiger partial charge in [0.2, 0.25) is 0 Å². The van der Waals surface area contributed by atoms with Crippen LogP contribution in [0.4, 0.5) is 0 Å². The Hall–Kier alpha value is -3.16. The van der Waals surface area contributed by atoms with E-state index in [0.29, 0.717) is 25.7 Å². The van der Waals surface area contributed by atoms with E-state index in [9.17, 15) is 19.2 Å². The molecule has 83 heavy (non-hydrogen) atoms. The van der Waals surface area contributed by atoms with Crippen LogP contribution in [0.1, 0.15) is 387 Å². The summed E-state index contributed by atoms with van der Waals surface area (Å²) in [4.78, 5) is 48.4. The Morgan fingerprint density at radius 2 is 0.458 bits per heavy atom. The highest BCUT2D eigenvalue weighted by Crippen LogP contribution is 2.16. The molecule has 0 spiro atoms. The van der Waals surface area contributed by atoms with Gasteiger partial charge in [-0.25, -0.2) is 0 Å². The summed E-state index contributed by atoms with van der Waals surface area (Å²) in [6.45, 7) is 8.89. The van der Waals surface area contributed by atoms with E-state index in [1.807, 2.05) is 0 Å². The van der Waals surface area contributed by atoms with Gasteiger partial charge in [0.1, 0.15) is 13.2 Å². The molecule has 0 bridgehead atoms. The molecule has 486 valence electrons. The number of esters is 3. The van der Waals surface area contributed by atoms with Crippen LogP contribution in [0.15, 0.2) is 48.6 Å². The van der Waals surface area contributed by atoms with Crippen molar-refractivity contribution in [3.63, 3.8) is 0 Å². The van der Waals surface area contributed by atoms with E-state index in [0.717, 1.165) is 89.9 Å². The predicted octanol–water partition coefficient (Wildman–Crippen LogP) is 24.2. The molecular weight excluding hydrogens is 1030 g/mol. The number of ether oxygens (including phenoxy) is 3. The first kappa shape index (κ1) is 81.9. The lowest BCUT2D eigenvalue weighted by atomic mass is 10.1. The van der Waals surface area contributed by atoms with Crippen molar-refractivity contribution >= 4 is 23.9 Å². The summed E-state index contributed by atoms with van der Waals surface area (Å²) in [5.41, 5.74) is 0. The SMILES string of the molecule is CCCCCCCC/C=C\CCCCCCCC(=O)O.CCCCCCCC/C=C\CCCCCCCC(=O)OCC(COC(=O)CCCCCCC/C=C\CCCCCCCC)OC(=O)CCCCCCC/C=C\CCCCCCCC. The molecule has 1 N–H and O–H groups in total. The van der Waals surface area contributed by atoms with Crippen molar-refractivity contribution in [3.05, 3.63) is 48.6 Å². The highest BCUT2D eigenvalue weighted by atomic mass is 16.6. The second-order valence-electron chi connectivity index (χ2n) is 24.2. The fraction of sp³-hybridized carbons (Fsp3) is 0.840. The summed E-state index contributed by atoms with van der Waals surface area (Å²) in [6, 6.07) is 0. The number of hydrogen-bond acceptors (Lipinski definition) is 7. The fourth-order valence-corrected chi connectivity index (χ4v) is 10.2. The third-order valence-corrected chi connectivity index (χ3v) is 15.7. The zero-order chi connectivity index (χ0) is 60.7. The van der Waals surface area contributed by atoms with Gasteiger partial charge in [-0.05, 0) is 128 Å². The molecule has 8 heteroatoms. The number of carboxylic acid groups (broad SMARTS) is 1. The molecule has 0 aromatic carbocycles. The second-order valence-corrected chi connectivity index (χ2v) is 24.2. The maximum absolute atomic E-state index is 12.8. The van der Waals surface area contributed by atoms with Crippen LogP contribution >= 0.6 is 0 Å². The summed E-state index contributed by atoms with van der Waals surface area (Å²) in [6.07, 6.45) is 82.5. The number of carbonyl (C=O) groups is 4. The molecule has 0 aromatic rings. The van der Waals surface area contributed by atoms with Gasteiger partial charge in [0, 0.05) is 25.7 Å². The van der Waals surface area contributed by atoms with Gasteiger partial charge in [0.05, 0.1) is 0 Å². The van der Waals surface area contributed by atoms with E-state index >= 15 is 0 Å². The van der Waals surface area contributed by atoms with Crippen molar-refractivity contribution in [1.82, 2.24) is 0 Å². The monoisotopic (exact) mass is 1170 g/mol. The molecule has 0 radical (unpaired) electrons. The molecule has 8 nitrogen and oxygen atoms in total. The van der Waals surface area contributed by atoms with Crippen molar-refractivity contribution in [1.29, 1.82) is 0 Å². The standard InChI is InChI=1S/C57H104O6.C18H34O2/c1-4-7-10-13-16-19-22-25-28-31-34-37-40-43-46-49-55(58)61-52-54(63-57(60)51-48-45-42-39-36-33-30-27-24-21-18-15-12-9-6-3)53-62-56(59)50-47-44-41-38-35-32-29-26-23-20-17-14-11-8-5-2;1-2-3-4-5-6-7-8-9-10-11-12-13-14-15-16-17-18(19)20/h25-30,54H,4-24,31-53H2,1-3H3;9-10H,2-8,11-17H2,1H3,(H,19,20)/b28-25-,29-26-,30-27-;10-9-. The molecule has 0 unspecified atom stereocenters. The molecule has 0 rings (SSSR count). The smallest absolute Gasteiger partial charge is 0.306 e. The lowest BCUT2D eigenvalue weighted by Gasteiger charge is -2.18. The molecule has 0 amide bonds. The number of rotatable bonds is 65. The Morgan fingerprint density at radius 1 is 0.265 bits per heavy atom. The van der Waals surface area contributed by atoms with Gasteiger partial charge in [-0.15, -0.1) is 0 Å². The number of unbranched alkanes of at least 4 members (excludes halogenated alkanes) is 44. The van der Waals surface area contributed by atoms with Crippen LogP contribution in [0.3, 0.4) is 0 Å². The van der Waals surface area contributed by atoms with Crippen LogP contribution in [-0.4, -0.2) is 48.3 Å². The Bertz CT molecular complexity index is 1410. The Balaban J connectivity index is 0. The van der Waals surface area contributed by atoms with E-state index in [-0.39, 0.29) is 31.1 Å². The summed E-state index contributed by atoms with van der Waals surface area (Å²) in [5, 5.41) is 8.51. The van der Waals surface area contributed by atoms with E-state index in [1.165, 1.54) is 244 Å². The van der Waals surface area contributed by atoms with E-state index in [2.05, 4.69) is 76.3 Å².